The maximum atomic E-state index is 4.33. The number of hydrogen-bond acceptors (Lipinski definition) is 0. The zero-order valence-electron chi connectivity index (χ0n) is 13.4. The second-order valence-electron chi connectivity index (χ2n) is 7.63. The van der Waals surface area contributed by atoms with Gasteiger partial charge in [-0.2, -0.15) is 0 Å². The van der Waals surface area contributed by atoms with Gasteiger partial charge in [0.1, 0.15) is 0 Å². The van der Waals surface area contributed by atoms with Gasteiger partial charge < -0.3 is 10.6 Å². The van der Waals surface area contributed by atoms with E-state index in [0.29, 0.717) is 10.8 Å². The van der Waals surface area contributed by atoms with Gasteiger partial charge in [-0.25, -0.2) is 0 Å². The molecule has 0 saturated carbocycles. The van der Waals surface area contributed by atoms with Gasteiger partial charge in [0, 0.05) is 42.1 Å². The third-order valence-corrected chi connectivity index (χ3v) is 4.13. The van der Waals surface area contributed by atoms with Crippen LogP contribution in [0.5, 0.6) is 0 Å². The quantitative estimate of drug-likeness (QED) is 0.325. The predicted octanol–water partition coefficient (Wildman–Crippen LogP) is 5.73. The molecule has 2 aliphatic rings. The minimum atomic E-state index is 0. The minimum absolute atomic E-state index is 0. The van der Waals surface area contributed by atoms with Crippen molar-refractivity contribution in [1.29, 1.82) is 0 Å². The summed E-state index contributed by atoms with van der Waals surface area (Å²) in [6, 6.07) is 0. The van der Waals surface area contributed by atoms with E-state index >= 15 is 0 Å². The normalized spacial score (nSPS) is 21.1. The van der Waals surface area contributed by atoms with Gasteiger partial charge in [0.15, 0.2) is 0 Å². The molecule has 2 nitrogen and oxygen atoms in total. The maximum Gasteiger partial charge on any atom is 0 e. The van der Waals surface area contributed by atoms with Crippen LogP contribution < -0.4 is 0 Å². The Morgan fingerprint density at radius 1 is 0.667 bits per heavy atom. The molecule has 2 heterocycles. The van der Waals surface area contributed by atoms with E-state index in [1.807, 2.05) is 0 Å². The van der Waals surface area contributed by atoms with Crippen LogP contribution in [0.3, 0.4) is 0 Å². The summed E-state index contributed by atoms with van der Waals surface area (Å²) in [5, 5.41) is 8.50. The molecule has 0 aromatic heterocycles. The van der Waals surface area contributed by atoms with Crippen LogP contribution in [0.15, 0.2) is 0 Å². The molecule has 0 aliphatic carbocycles. The van der Waals surface area contributed by atoms with Gasteiger partial charge in [0.05, 0.1) is 0 Å². The molecule has 130 valence electrons. The van der Waals surface area contributed by atoms with Crippen LogP contribution in [0, 0.1) is 22.7 Å². The van der Waals surface area contributed by atoms with Crippen LogP contribution in [0.25, 0.3) is 10.6 Å². The van der Waals surface area contributed by atoms with Gasteiger partial charge in [0.25, 0.3) is 0 Å². The van der Waals surface area contributed by atoms with Gasteiger partial charge in [0.2, 0.25) is 0 Å². The standard InChI is InChI=1S/C8H16N.C7H14N.2CH4.2W/c1-8(2,3)7-4-5-9-6-7;1-7(2,3)6-4-8-5-6;;;;/h7H,4-6H2,1-3H3;6H,4-5H2,1-3H3;2*1H4;;/q2*-1;;;;. The van der Waals surface area contributed by atoms with E-state index in [4.69, 9.17) is 0 Å². The molecule has 0 radical (unpaired) electrons. The van der Waals surface area contributed by atoms with Gasteiger partial charge in [-0.3, -0.25) is 0 Å². The van der Waals surface area contributed by atoms with Crippen LogP contribution >= 0.6 is 0 Å². The van der Waals surface area contributed by atoms with E-state index in [1.54, 1.807) is 0 Å². The summed E-state index contributed by atoms with van der Waals surface area (Å²) >= 11 is 0. The van der Waals surface area contributed by atoms with E-state index < -0.39 is 0 Å². The first kappa shape index (κ1) is 30.2. The molecular formula is C17H38N2W2-2. The van der Waals surface area contributed by atoms with E-state index in [2.05, 4.69) is 52.2 Å². The summed E-state index contributed by atoms with van der Waals surface area (Å²) in [5.41, 5.74) is 0.988. The van der Waals surface area contributed by atoms with Crippen molar-refractivity contribution in [2.75, 3.05) is 26.2 Å². The minimum Gasteiger partial charge on any atom is -0.662 e. The molecule has 2 saturated heterocycles. The molecule has 4 heteroatoms. The summed E-state index contributed by atoms with van der Waals surface area (Å²) in [6.07, 6.45) is 1.31. The van der Waals surface area contributed by atoms with Crippen molar-refractivity contribution >= 4 is 0 Å². The first-order valence-corrected chi connectivity index (χ1v) is 6.98. The van der Waals surface area contributed by atoms with Crippen molar-refractivity contribution < 1.29 is 42.1 Å². The fraction of sp³-hybridized carbons (Fsp3) is 1.00. The summed E-state index contributed by atoms with van der Waals surface area (Å²) in [7, 11) is 0. The molecular weight excluding hydrogens is 600 g/mol. The molecule has 0 spiro atoms. The number of rotatable bonds is 0. The van der Waals surface area contributed by atoms with Crippen molar-refractivity contribution in [2.45, 2.75) is 62.8 Å². The summed E-state index contributed by atoms with van der Waals surface area (Å²) in [6.45, 7) is 18.2. The van der Waals surface area contributed by atoms with Gasteiger partial charge >= 0.3 is 0 Å². The topological polar surface area (TPSA) is 28.2 Å². The van der Waals surface area contributed by atoms with Crippen molar-refractivity contribution in [2.24, 2.45) is 22.7 Å². The van der Waals surface area contributed by atoms with Crippen LogP contribution in [0.4, 0.5) is 0 Å². The monoisotopic (exact) mass is 638 g/mol. The Labute approximate surface area is 163 Å². The molecule has 1 unspecified atom stereocenters. The average molecular weight is 638 g/mol. The molecule has 1 atom stereocenters. The van der Waals surface area contributed by atoms with Crippen molar-refractivity contribution in [1.82, 2.24) is 0 Å². The molecule has 0 N–H and O–H groups in total. The zero-order valence-corrected chi connectivity index (χ0v) is 19.3. The van der Waals surface area contributed by atoms with Crippen LogP contribution in [-0.4, -0.2) is 26.2 Å². The van der Waals surface area contributed by atoms with E-state index in [1.165, 1.54) is 6.42 Å². The van der Waals surface area contributed by atoms with E-state index in [9.17, 15) is 0 Å². The molecule has 2 rings (SSSR count). The van der Waals surface area contributed by atoms with E-state index in [0.717, 1.165) is 38.0 Å². The second-order valence-corrected chi connectivity index (χ2v) is 7.63. The average Bonchev–Trinajstić information content (AvgIpc) is 2.46. The Morgan fingerprint density at radius 3 is 1.14 bits per heavy atom. The second kappa shape index (κ2) is 12.7. The van der Waals surface area contributed by atoms with Crippen LogP contribution in [-0.2, 0) is 42.1 Å². The Hall–Kier alpha value is 1.30. The molecule has 2 aliphatic heterocycles. The predicted molar refractivity (Wildman–Crippen MR) is 90.2 cm³/mol. The Morgan fingerprint density at radius 2 is 1.05 bits per heavy atom. The van der Waals surface area contributed by atoms with Gasteiger partial charge in [-0.15, -0.1) is 26.2 Å². The van der Waals surface area contributed by atoms with Crippen LogP contribution in [0.1, 0.15) is 62.8 Å². The molecule has 0 aromatic rings. The van der Waals surface area contributed by atoms with Crippen molar-refractivity contribution in [3.63, 3.8) is 0 Å². The fourth-order valence-corrected chi connectivity index (χ4v) is 2.10. The number of nitrogens with zero attached hydrogens (tertiary/aromatic N) is 2. The first-order chi connectivity index (χ1) is 7.71. The Bertz CT molecular complexity index is 222. The number of hydrogen-bond donors (Lipinski definition) is 0. The molecule has 0 aromatic carbocycles. The van der Waals surface area contributed by atoms with E-state index in [-0.39, 0.29) is 57.0 Å². The van der Waals surface area contributed by atoms with Gasteiger partial charge in [-0.05, 0) is 10.8 Å². The maximum absolute atomic E-state index is 4.33. The molecule has 0 amide bonds. The SMILES string of the molecule is C.C.CC(C)(C)C1CC[N-]C1.CC(C)(C)C1C[N-]C1.[W].[W]. The first-order valence-electron chi connectivity index (χ1n) is 6.98. The molecule has 0 bridgehead atoms. The fourth-order valence-electron chi connectivity index (χ4n) is 2.10. The molecule has 21 heavy (non-hydrogen) atoms. The molecule has 2 fully saturated rings. The Balaban J connectivity index is -0.000000116. The summed E-state index contributed by atoms with van der Waals surface area (Å²) in [5.74, 6) is 1.71. The smallest absolute Gasteiger partial charge is 0 e. The largest absolute Gasteiger partial charge is 0.662 e. The third kappa shape index (κ3) is 11.5. The zero-order chi connectivity index (χ0) is 13.1. The summed E-state index contributed by atoms with van der Waals surface area (Å²) in [4.78, 5) is 0. The van der Waals surface area contributed by atoms with Crippen molar-refractivity contribution in [3.05, 3.63) is 10.6 Å². The van der Waals surface area contributed by atoms with Crippen molar-refractivity contribution in [3.8, 4) is 0 Å². The Kier molecular flexibility index (Phi) is 18.2. The van der Waals surface area contributed by atoms with Gasteiger partial charge in [-0.1, -0.05) is 74.7 Å². The summed E-state index contributed by atoms with van der Waals surface area (Å²) < 4.78 is 0. The van der Waals surface area contributed by atoms with Crippen LogP contribution in [0.2, 0.25) is 0 Å². The third-order valence-electron chi connectivity index (χ3n) is 4.13.